The summed E-state index contributed by atoms with van der Waals surface area (Å²) in [6.07, 6.45) is 1.53. The lowest BCUT2D eigenvalue weighted by atomic mass is 10.3. The molecule has 13 heavy (non-hydrogen) atoms. The zero-order valence-corrected chi connectivity index (χ0v) is 7.28. The second-order valence-electron chi connectivity index (χ2n) is 2.34. The molecule has 0 bridgehead atoms. The van der Waals surface area contributed by atoms with Crippen LogP contribution < -0.4 is 0 Å². The highest BCUT2D eigenvalue weighted by atomic mass is 15.1. The average Bonchev–Trinajstić information content (AvgIpc) is 2.54. The molecule has 0 aromatic carbocycles. The number of aromatic nitrogens is 2. The Morgan fingerprint density at radius 3 is 2.62 bits per heavy atom. The number of nitriles is 2. The van der Waals surface area contributed by atoms with Crippen molar-refractivity contribution in [1.82, 2.24) is 9.55 Å². The summed E-state index contributed by atoms with van der Waals surface area (Å²) in [5, 5.41) is 17.4. The zero-order chi connectivity index (χ0) is 9.84. The van der Waals surface area contributed by atoms with Gasteiger partial charge in [-0.1, -0.05) is 6.58 Å². The lowest BCUT2D eigenvalue weighted by Crippen LogP contribution is -2.00. The molecule has 0 spiro atoms. The Bertz CT molecular complexity index is 414. The van der Waals surface area contributed by atoms with Gasteiger partial charge >= 0.3 is 0 Å². The maximum atomic E-state index is 8.77. The second kappa shape index (κ2) is 3.55. The van der Waals surface area contributed by atoms with Crippen LogP contribution in [0.15, 0.2) is 6.58 Å². The molecule has 0 unspecified atom stereocenters. The average molecular weight is 172 g/mol. The Balaban J connectivity index is 3.47. The summed E-state index contributed by atoms with van der Waals surface area (Å²) in [5.41, 5.74) is 0.471. The molecule has 0 fully saturated rings. The fourth-order valence-electron chi connectivity index (χ4n) is 1.14. The molecule has 1 heterocycles. The molecular weight excluding hydrogens is 164 g/mol. The first-order valence-electron chi connectivity index (χ1n) is 3.81. The predicted molar refractivity (Wildman–Crippen MR) is 47.4 cm³/mol. The van der Waals surface area contributed by atoms with Crippen LogP contribution in [0.5, 0.6) is 0 Å². The van der Waals surface area contributed by atoms with Gasteiger partial charge in [0.05, 0.1) is 0 Å². The van der Waals surface area contributed by atoms with Crippen molar-refractivity contribution in [2.45, 2.75) is 13.5 Å². The van der Waals surface area contributed by atoms with Crippen LogP contribution in [0.2, 0.25) is 0 Å². The Labute approximate surface area is 76.4 Å². The highest BCUT2D eigenvalue weighted by Crippen LogP contribution is 2.10. The Morgan fingerprint density at radius 1 is 1.54 bits per heavy atom. The molecule has 0 atom stereocenters. The fourth-order valence-corrected chi connectivity index (χ4v) is 1.14. The largest absolute Gasteiger partial charge is 0.315 e. The van der Waals surface area contributed by atoms with E-state index < -0.39 is 0 Å². The molecule has 0 aliphatic heterocycles. The van der Waals surface area contributed by atoms with Gasteiger partial charge in [-0.2, -0.15) is 10.5 Å². The molecule has 0 saturated carbocycles. The van der Waals surface area contributed by atoms with Gasteiger partial charge in [-0.05, 0) is 13.0 Å². The highest BCUT2D eigenvalue weighted by molar-refractivity contribution is 5.46. The van der Waals surface area contributed by atoms with Gasteiger partial charge in [0.15, 0.2) is 11.4 Å². The Hall–Kier alpha value is -2.07. The van der Waals surface area contributed by atoms with Gasteiger partial charge in [0.25, 0.3) is 0 Å². The van der Waals surface area contributed by atoms with E-state index in [1.807, 2.05) is 19.1 Å². The van der Waals surface area contributed by atoms with E-state index in [1.165, 1.54) is 6.08 Å². The summed E-state index contributed by atoms with van der Waals surface area (Å²) in [6, 6.07) is 3.82. The van der Waals surface area contributed by atoms with E-state index in [1.54, 1.807) is 4.57 Å². The van der Waals surface area contributed by atoms with Crippen LogP contribution in [0.25, 0.3) is 6.08 Å². The number of imidazole rings is 1. The van der Waals surface area contributed by atoms with Crippen molar-refractivity contribution in [3.05, 3.63) is 23.8 Å². The summed E-state index contributed by atoms with van der Waals surface area (Å²) >= 11 is 0. The van der Waals surface area contributed by atoms with Crippen molar-refractivity contribution >= 4 is 6.08 Å². The fraction of sp³-hybridized carbons (Fsp3) is 0.222. The molecule has 0 aliphatic rings. The maximum Gasteiger partial charge on any atom is 0.177 e. The third-order valence-corrected chi connectivity index (χ3v) is 1.71. The molecule has 1 aromatic heterocycles. The summed E-state index contributed by atoms with van der Waals surface area (Å²) in [7, 11) is 0. The van der Waals surface area contributed by atoms with Gasteiger partial charge < -0.3 is 4.57 Å². The van der Waals surface area contributed by atoms with E-state index in [2.05, 4.69) is 11.6 Å². The first-order valence-corrected chi connectivity index (χ1v) is 3.81. The lowest BCUT2D eigenvalue weighted by Gasteiger charge is -1.99. The van der Waals surface area contributed by atoms with E-state index >= 15 is 0 Å². The normalized spacial score (nSPS) is 8.85. The van der Waals surface area contributed by atoms with Crippen LogP contribution in [-0.4, -0.2) is 9.55 Å². The van der Waals surface area contributed by atoms with Gasteiger partial charge in [-0.25, -0.2) is 4.98 Å². The minimum absolute atomic E-state index is 0.166. The van der Waals surface area contributed by atoms with E-state index in [4.69, 9.17) is 10.5 Å². The number of hydrogen-bond acceptors (Lipinski definition) is 3. The molecule has 0 N–H and O–H groups in total. The van der Waals surface area contributed by atoms with E-state index in [0.29, 0.717) is 18.1 Å². The van der Waals surface area contributed by atoms with Crippen LogP contribution in [-0.2, 0) is 6.54 Å². The van der Waals surface area contributed by atoms with Crippen LogP contribution >= 0.6 is 0 Å². The van der Waals surface area contributed by atoms with Gasteiger partial charge in [-0.3, -0.25) is 0 Å². The molecule has 4 nitrogen and oxygen atoms in total. The second-order valence-corrected chi connectivity index (χ2v) is 2.34. The van der Waals surface area contributed by atoms with Crippen molar-refractivity contribution in [2.75, 3.05) is 0 Å². The number of nitrogens with zero attached hydrogens (tertiary/aromatic N) is 4. The molecule has 0 saturated heterocycles. The van der Waals surface area contributed by atoms with Crippen LogP contribution in [0.3, 0.4) is 0 Å². The first kappa shape index (κ1) is 9.02. The quantitative estimate of drug-likeness (QED) is 0.675. The molecular formula is C9H8N4. The van der Waals surface area contributed by atoms with Crippen LogP contribution in [0, 0.1) is 22.7 Å². The highest BCUT2D eigenvalue weighted by Gasteiger charge is 2.12. The van der Waals surface area contributed by atoms with Crippen molar-refractivity contribution < 1.29 is 0 Å². The summed E-state index contributed by atoms with van der Waals surface area (Å²) in [6.45, 7) is 6.06. The number of rotatable bonds is 2. The topological polar surface area (TPSA) is 65.4 Å². The smallest absolute Gasteiger partial charge is 0.177 e. The monoisotopic (exact) mass is 172 g/mol. The summed E-state index contributed by atoms with van der Waals surface area (Å²) < 4.78 is 1.66. The van der Waals surface area contributed by atoms with Gasteiger partial charge in [0, 0.05) is 6.54 Å². The molecule has 0 radical (unpaired) electrons. The standard InChI is InChI=1S/C9H8N4/c1-3-9-12-7(5-10)8(6-11)13(9)4-2/h3H,1,4H2,2H3. The Kier molecular flexibility index (Phi) is 2.47. The van der Waals surface area contributed by atoms with Crippen molar-refractivity contribution in [1.29, 1.82) is 10.5 Å². The third-order valence-electron chi connectivity index (χ3n) is 1.71. The van der Waals surface area contributed by atoms with Gasteiger partial charge in [0.2, 0.25) is 0 Å². The Morgan fingerprint density at radius 2 is 2.23 bits per heavy atom. The molecule has 64 valence electrons. The maximum absolute atomic E-state index is 8.77. The third kappa shape index (κ3) is 1.30. The van der Waals surface area contributed by atoms with Crippen LogP contribution in [0.4, 0.5) is 0 Å². The number of hydrogen-bond donors (Lipinski definition) is 0. The van der Waals surface area contributed by atoms with Crippen molar-refractivity contribution in [3.63, 3.8) is 0 Å². The van der Waals surface area contributed by atoms with E-state index in [0.717, 1.165) is 0 Å². The van der Waals surface area contributed by atoms with Crippen molar-refractivity contribution in [3.8, 4) is 12.1 Å². The zero-order valence-electron chi connectivity index (χ0n) is 7.28. The van der Waals surface area contributed by atoms with Crippen molar-refractivity contribution in [2.24, 2.45) is 0 Å². The van der Waals surface area contributed by atoms with Crippen LogP contribution in [0.1, 0.15) is 24.1 Å². The van der Waals surface area contributed by atoms with Gasteiger partial charge in [-0.15, -0.1) is 0 Å². The summed E-state index contributed by atoms with van der Waals surface area (Å²) in [4.78, 5) is 3.95. The SMILES string of the molecule is C=Cc1nc(C#N)c(C#N)n1CC. The minimum atomic E-state index is 0.166. The molecule has 4 heteroatoms. The van der Waals surface area contributed by atoms with E-state index in [9.17, 15) is 0 Å². The molecule has 1 aromatic rings. The lowest BCUT2D eigenvalue weighted by molar-refractivity contribution is 0.742. The molecule has 0 aliphatic carbocycles. The summed E-state index contributed by atoms with van der Waals surface area (Å²) in [5.74, 6) is 0.565. The van der Waals surface area contributed by atoms with E-state index in [-0.39, 0.29) is 5.69 Å². The minimum Gasteiger partial charge on any atom is -0.315 e. The van der Waals surface area contributed by atoms with Gasteiger partial charge in [0.1, 0.15) is 18.0 Å². The molecule has 0 amide bonds. The predicted octanol–water partition coefficient (Wildman–Crippen LogP) is 1.29. The molecule has 1 rings (SSSR count). The first-order chi connectivity index (χ1) is 6.28.